The first-order chi connectivity index (χ1) is 13.4. The van der Waals surface area contributed by atoms with Gasteiger partial charge in [0.1, 0.15) is 11.9 Å². The highest BCUT2D eigenvalue weighted by Gasteiger charge is 2.30. The van der Waals surface area contributed by atoms with Gasteiger partial charge in [-0.3, -0.25) is 9.58 Å². The SMILES string of the molecule is CCCN1CCOC(c2cc(CCOc3cccc(C(F)(F)F)c3)n(C)n2)C1. The van der Waals surface area contributed by atoms with E-state index in [1.54, 1.807) is 4.68 Å². The van der Waals surface area contributed by atoms with E-state index in [1.165, 1.54) is 12.1 Å². The van der Waals surface area contributed by atoms with Gasteiger partial charge in [0, 0.05) is 32.3 Å². The van der Waals surface area contributed by atoms with Crippen LogP contribution < -0.4 is 4.74 Å². The summed E-state index contributed by atoms with van der Waals surface area (Å²) in [7, 11) is 1.86. The molecule has 1 aliphatic heterocycles. The molecule has 2 heterocycles. The molecule has 28 heavy (non-hydrogen) atoms. The van der Waals surface area contributed by atoms with E-state index in [-0.39, 0.29) is 18.5 Å². The summed E-state index contributed by atoms with van der Waals surface area (Å²) in [4.78, 5) is 2.37. The highest BCUT2D eigenvalue weighted by atomic mass is 19.4. The Hall–Kier alpha value is -2.06. The number of halogens is 3. The molecule has 1 saturated heterocycles. The molecule has 1 aliphatic rings. The average molecular weight is 397 g/mol. The number of aromatic nitrogens is 2. The minimum absolute atomic E-state index is 0.0513. The first-order valence-corrected chi connectivity index (χ1v) is 9.53. The maximum absolute atomic E-state index is 12.8. The molecule has 3 rings (SSSR count). The Morgan fingerprint density at radius 1 is 1.29 bits per heavy atom. The third-order valence-corrected chi connectivity index (χ3v) is 4.80. The molecule has 1 aromatic carbocycles. The predicted octanol–water partition coefficient (Wildman–Crippen LogP) is 3.84. The number of benzene rings is 1. The quantitative estimate of drug-likeness (QED) is 0.712. The fourth-order valence-corrected chi connectivity index (χ4v) is 3.36. The molecule has 8 heteroatoms. The van der Waals surface area contributed by atoms with Crippen molar-refractivity contribution in [1.29, 1.82) is 0 Å². The zero-order valence-electron chi connectivity index (χ0n) is 16.2. The lowest BCUT2D eigenvalue weighted by Crippen LogP contribution is -2.38. The van der Waals surface area contributed by atoms with Crippen molar-refractivity contribution in [3.63, 3.8) is 0 Å². The molecular formula is C20H26F3N3O2. The maximum atomic E-state index is 12.8. The number of hydrogen-bond acceptors (Lipinski definition) is 4. The van der Waals surface area contributed by atoms with Crippen molar-refractivity contribution in [2.24, 2.45) is 7.05 Å². The van der Waals surface area contributed by atoms with Gasteiger partial charge >= 0.3 is 6.18 Å². The Bertz CT molecular complexity index is 774. The van der Waals surface area contributed by atoms with Gasteiger partial charge in [0.15, 0.2) is 0 Å². The minimum atomic E-state index is -4.37. The fourth-order valence-electron chi connectivity index (χ4n) is 3.36. The Labute approximate surface area is 163 Å². The van der Waals surface area contributed by atoms with E-state index in [1.807, 2.05) is 13.1 Å². The monoisotopic (exact) mass is 397 g/mol. The Morgan fingerprint density at radius 2 is 2.11 bits per heavy atom. The second-order valence-corrected chi connectivity index (χ2v) is 6.97. The van der Waals surface area contributed by atoms with Crippen LogP contribution in [0.4, 0.5) is 13.2 Å². The molecule has 0 saturated carbocycles. The second-order valence-electron chi connectivity index (χ2n) is 6.97. The minimum Gasteiger partial charge on any atom is -0.493 e. The molecular weight excluding hydrogens is 371 g/mol. The standard InChI is InChI=1S/C20H26F3N3O2/c1-3-8-26-9-11-28-19(14-26)18-13-16(25(2)24-18)7-10-27-17-6-4-5-15(12-17)20(21,22)23/h4-6,12-13,19H,3,7-11,14H2,1-2H3. The van der Waals surface area contributed by atoms with Crippen molar-refractivity contribution in [2.75, 3.05) is 32.8 Å². The van der Waals surface area contributed by atoms with Gasteiger partial charge in [-0.05, 0) is 37.2 Å². The van der Waals surface area contributed by atoms with Gasteiger partial charge in [0.05, 0.1) is 24.5 Å². The summed E-state index contributed by atoms with van der Waals surface area (Å²) >= 11 is 0. The van der Waals surface area contributed by atoms with Gasteiger partial charge in [-0.1, -0.05) is 13.0 Å². The lowest BCUT2D eigenvalue weighted by atomic mass is 10.2. The summed E-state index contributed by atoms with van der Waals surface area (Å²) in [6.07, 6.45) is -2.77. The molecule has 1 atom stereocenters. The molecule has 0 spiro atoms. The second kappa shape index (κ2) is 8.96. The summed E-state index contributed by atoms with van der Waals surface area (Å²) in [5.41, 5.74) is 1.13. The molecule has 154 valence electrons. The Morgan fingerprint density at radius 3 is 2.86 bits per heavy atom. The van der Waals surface area contributed by atoms with Crippen LogP contribution in [0.5, 0.6) is 5.75 Å². The number of morpholine rings is 1. The average Bonchev–Trinajstić information content (AvgIpc) is 3.03. The molecule has 0 radical (unpaired) electrons. The van der Waals surface area contributed by atoms with Crippen molar-refractivity contribution in [3.05, 3.63) is 47.3 Å². The molecule has 1 unspecified atom stereocenters. The number of ether oxygens (including phenoxy) is 2. The third kappa shape index (κ3) is 5.26. The number of rotatable bonds is 7. The van der Waals surface area contributed by atoms with E-state index in [0.717, 1.165) is 49.6 Å². The number of alkyl halides is 3. The summed E-state index contributed by atoms with van der Waals surface area (Å²) in [5, 5.41) is 4.56. The van der Waals surface area contributed by atoms with Crippen LogP contribution in [0.1, 0.15) is 36.4 Å². The predicted molar refractivity (Wildman–Crippen MR) is 99.3 cm³/mol. The molecule has 2 aromatic rings. The zero-order chi connectivity index (χ0) is 20.1. The molecule has 0 N–H and O–H groups in total. The summed E-state index contributed by atoms with van der Waals surface area (Å²) in [6, 6.07) is 6.93. The molecule has 5 nitrogen and oxygen atoms in total. The Kier molecular flexibility index (Phi) is 6.61. The molecule has 0 amide bonds. The van der Waals surface area contributed by atoms with Crippen LogP contribution in [-0.2, 0) is 24.4 Å². The van der Waals surface area contributed by atoms with Crippen LogP contribution in [0.15, 0.2) is 30.3 Å². The third-order valence-electron chi connectivity index (χ3n) is 4.80. The van der Waals surface area contributed by atoms with Crippen molar-refractivity contribution >= 4 is 0 Å². The zero-order valence-corrected chi connectivity index (χ0v) is 16.2. The highest BCUT2D eigenvalue weighted by Crippen LogP contribution is 2.31. The van der Waals surface area contributed by atoms with E-state index >= 15 is 0 Å². The summed E-state index contributed by atoms with van der Waals surface area (Å²) in [5.74, 6) is 0.211. The van der Waals surface area contributed by atoms with Gasteiger partial charge in [0.2, 0.25) is 0 Å². The van der Waals surface area contributed by atoms with E-state index in [2.05, 4.69) is 16.9 Å². The first kappa shape index (κ1) is 20.7. The van der Waals surface area contributed by atoms with Crippen LogP contribution in [0, 0.1) is 0 Å². The lowest BCUT2D eigenvalue weighted by molar-refractivity contribution is -0.137. The van der Waals surface area contributed by atoms with Crippen LogP contribution in [0.2, 0.25) is 0 Å². The van der Waals surface area contributed by atoms with Crippen LogP contribution in [0.25, 0.3) is 0 Å². The molecule has 0 aliphatic carbocycles. The van der Waals surface area contributed by atoms with E-state index in [9.17, 15) is 13.2 Å². The van der Waals surface area contributed by atoms with E-state index < -0.39 is 11.7 Å². The van der Waals surface area contributed by atoms with Crippen LogP contribution in [-0.4, -0.2) is 47.5 Å². The van der Waals surface area contributed by atoms with Gasteiger partial charge < -0.3 is 9.47 Å². The molecule has 1 aromatic heterocycles. The normalized spacial score (nSPS) is 18.4. The number of hydrogen-bond donors (Lipinski definition) is 0. The lowest BCUT2D eigenvalue weighted by Gasteiger charge is -2.31. The molecule has 0 bridgehead atoms. The topological polar surface area (TPSA) is 39.5 Å². The van der Waals surface area contributed by atoms with Crippen molar-refractivity contribution in [3.8, 4) is 5.75 Å². The van der Waals surface area contributed by atoms with Gasteiger partial charge in [-0.2, -0.15) is 18.3 Å². The van der Waals surface area contributed by atoms with Crippen molar-refractivity contribution in [2.45, 2.75) is 32.0 Å². The van der Waals surface area contributed by atoms with Gasteiger partial charge in [0.25, 0.3) is 0 Å². The first-order valence-electron chi connectivity index (χ1n) is 9.53. The van der Waals surface area contributed by atoms with Crippen molar-refractivity contribution < 1.29 is 22.6 Å². The van der Waals surface area contributed by atoms with Gasteiger partial charge in [-0.25, -0.2) is 0 Å². The van der Waals surface area contributed by atoms with Crippen LogP contribution >= 0.6 is 0 Å². The fraction of sp³-hybridized carbons (Fsp3) is 0.550. The molecule has 1 fully saturated rings. The Balaban J connectivity index is 1.57. The van der Waals surface area contributed by atoms with Gasteiger partial charge in [-0.15, -0.1) is 0 Å². The largest absolute Gasteiger partial charge is 0.493 e. The van der Waals surface area contributed by atoms with Crippen LogP contribution in [0.3, 0.4) is 0 Å². The highest BCUT2D eigenvalue weighted by molar-refractivity contribution is 5.30. The maximum Gasteiger partial charge on any atom is 0.416 e. The number of nitrogens with zero attached hydrogens (tertiary/aromatic N) is 3. The van der Waals surface area contributed by atoms with E-state index in [0.29, 0.717) is 13.0 Å². The summed E-state index contributed by atoms with van der Waals surface area (Å²) in [6.45, 7) is 5.93. The summed E-state index contributed by atoms with van der Waals surface area (Å²) < 4.78 is 51.5. The smallest absolute Gasteiger partial charge is 0.416 e. The number of aryl methyl sites for hydroxylation is 1. The van der Waals surface area contributed by atoms with Crippen molar-refractivity contribution in [1.82, 2.24) is 14.7 Å². The van der Waals surface area contributed by atoms with E-state index in [4.69, 9.17) is 9.47 Å².